The average Bonchev–Trinajstić information content (AvgIpc) is 3.21. The van der Waals surface area contributed by atoms with Crippen LogP contribution in [-0.2, 0) is 9.53 Å². The number of carbonyl (C=O) groups excluding carboxylic acids is 1. The van der Waals surface area contributed by atoms with E-state index in [4.69, 9.17) is 18.9 Å². The lowest BCUT2D eigenvalue weighted by molar-refractivity contribution is -0.139. The van der Waals surface area contributed by atoms with Crippen LogP contribution in [0, 0.1) is 0 Å². The predicted molar refractivity (Wildman–Crippen MR) is 142 cm³/mol. The van der Waals surface area contributed by atoms with Crippen LogP contribution in [0.3, 0.4) is 0 Å². The van der Waals surface area contributed by atoms with Crippen LogP contribution >= 0.6 is 11.3 Å². The lowest BCUT2D eigenvalue weighted by Crippen LogP contribution is -2.39. The summed E-state index contributed by atoms with van der Waals surface area (Å²) < 4.78 is 23.8. The van der Waals surface area contributed by atoms with Gasteiger partial charge < -0.3 is 18.9 Å². The van der Waals surface area contributed by atoms with Gasteiger partial charge in [0.05, 0.1) is 42.7 Å². The second-order valence-corrected chi connectivity index (χ2v) is 9.09. The fourth-order valence-electron chi connectivity index (χ4n) is 4.10. The Hall–Kier alpha value is -4.11. The Morgan fingerprint density at radius 3 is 2.51 bits per heavy atom. The van der Waals surface area contributed by atoms with Crippen LogP contribution in [0.25, 0.3) is 6.08 Å². The maximum atomic E-state index is 13.7. The normalized spacial score (nSPS) is 15.0. The quantitative estimate of drug-likeness (QED) is 0.318. The van der Waals surface area contributed by atoms with Crippen LogP contribution in [0.4, 0.5) is 0 Å². The van der Waals surface area contributed by atoms with Gasteiger partial charge in [-0.05, 0) is 55.3 Å². The first-order valence-corrected chi connectivity index (χ1v) is 12.5. The van der Waals surface area contributed by atoms with Crippen molar-refractivity contribution in [2.75, 3.05) is 27.4 Å². The third kappa shape index (κ3) is 5.22. The SMILES string of the molecule is C=CCOc1ccc(/C=c2/sc3n(c2=O)[C@@H](c2ccc(OC)c(OC)c2)C(C(=O)OCC)=C(C)N=3)cc1. The lowest BCUT2D eigenvalue weighted by atomic mass is 9.95. The molecule has 0 spiro atoms. The molecule has 37 heavy (non-hydrogen) atoms. The molecule has 0 saturated carbocycles. The van der Waals surface area contributed by atoms with Crippen molar-refractivity contribution >= 4 is 23.4 Å². The molecule has 0 aliphatic carbocycles. The number of fused-ring (bicyclic) bond motifs is 1. The Labute approximate surface area is 218 Å². The maximum absolute atomic E-state index is 13.7. The standard InChI is InChI=1S/C28H28N2O6S/c1-6-14-36-20-11-8-18(9-12-20)15-23-26(31)30-25(19-10-13-21(33-4)22(16-19)34-5)24(27(32)35-7-2)17(3)29-28(30)37-23/h6,8-13,15-16,25H,1,7,14H2,2-5H3/b23-15+/t25-/m0/s1. The summed E-state index contributed by atoms with van der Waals surface area (Å²) in [7, 11) is 3.08. The third-order valence-corrected chi connectivity index (χ3v) is 6.77. The third-order valence-electron chi connectivity index (χ3n) is 5.79. The molecule has 0 unspecified atom stereocenters. The Balaban J connectivity index is 1.87. The number of carbonyl (C=O) groups is 1. The van der Waals surface area contributed by atoms with E-state index in [-0.39, 0.29) is 12.2 Å². The largest absolute Gasteiger partial charge is 0.493 e. The van der Waals surface area contributed by atoms with Gasteiger partial charge in [0.15, 0.2) is 16.3 Å². The van der Waals surface area contributed by atoms with Crippen LogP contribution in [0.5, 0.6) is 17.2 Å². The summed E-state index contributed by atoms with van der Waals surface area (Å²) in [5, 5.41) is 0. The second-order valence-electron chi connectivity index (χ2n) is 8.09. The van der Waals surface area contributed by atoms with Gasteiger partial charge in [0.1, 0.15) is 12.4 Å². The van der Waals surface area contributed by atoms with Crippen LogP contribution in [-0.4, -0.2) is 38.0 Å². The number of hydrogen-bond donors (Lipinski definition) is 0. The molecule has 2 aromatic carbocycles. The van der Waals surface area contributed by atoms with Crippen molar-refractivity contribution in [3.05, 3.63) is 97.2 Å². The molecule has 0 N–H and O–H groups in total. The summed E-state index contributed by atoms with van der Waals surface area (Å²) >= 11 is 1.26. The molecule has 8 nitrogen and oxygen atoms in total. The minimum Gasteiger partial charge on any atom is -0.493 e. The fourth-order valence-corrected chi connectivity index (χ4v) is 5.14. The average molecular weight is 521 g/mol. The molecule has 2 heterocycles. The van der Waals surface area contributed by atoms with Gasteiger partial charge in [-0.15, -0.1) is 0 Å². The number of allylic oxidation sites excluding steroid dienone is 1. The molecule has 1 atom stereocenters. The van der Waals surface area contributed by atoms with E-state index in [2.05, 4.69) is 11.6 Å². The molecular formula is C28H28N2O6S. The van der Waals surface area contributed by atoms with Crippen molar-refractivity contribution in [1.29, 1.82) is 0 Å². The van der Waals surface area contributed by atoms with Gasteiger partial charge in [0.2, 0.25) is 0 Å². The first kappa shape index (κ1) is 26.0. The Morgan fingerprint density at radius 2 is 1.86 bits per heavy atom. The van der Waals surface area contributed by atoms with E-state index in [9.17, 15) is 9.59 Å². The van der Waals surface area contributed by atoms with E-state index in [1.165, 1.54) is 18.4 Å². The van der Waals surface area contributed by atoms with Crippen molar-refractivity contribution in [3.8, 4) is 17.2 Å². The molecule has 0 saturated heterocycles. The Morgan fingerprint density at radius 1 is 1.14 bits per heavy atom. The topological polar surface area (TPSA) is 88.3 Å². The zero-order valence-corrected chi connectivity index (χ0v) is 22.0. The van der Waals surface area contributed by atoms with E-state index >= 15 is 0 Å². The minimum absolute atomic E-state index is 0.200. The van der Waals surface area contributed by atoms with Gasteiger partial charge in [0, 0.05) is 0 Å². The highest BCUT2D eigenvalue weighted by atomic mass is 32.1. The highest BCUT2D eigenvalue weighted by Gasteiger charge is 2.33. The highest BCUT2D eigenvalue weighted by Crippen LogP contribution is 2.36. The van der Waals surface area contributed by atoms with E-state index in [0.717, 1.165) is 5.56 Å². The van der Waals surface area contributed by atoms with Crippen molar-refractivity contribution in [1.82, 2.24) is 4.57 Å². The minimum atomic E-state index is -0.744. The van der Waals surface area contributed by atoms with Crippen molar-refractivity contribution in [2.45, 2.75) is 19.9 Å². The van der Waals surface area contributed by atoms with E-state index < -0.39 is 12.0 Å². The number of rotatable bonds is 9. The maximum Gasteiger partial charge on any atom is 0.338 e. The Bertz CT molecular complexity index is 1530. The molecule has 9 heteroatoms. The van der Waals surface area contributed by atoms with Crippen LogP contribution in [0.15, 0.2) is 76.2 Å². The zero-order chi connectivity index (χ0) is 26.5. The van der Waals surface area contributed by atoms with Gasteiger partial charge in [-0.1, -0.05) is 42.2 Å². The van der Waals surface area contributed by atoms with E-state index in [1.807, 2.05) is 30.3 Å². The summed E-state index contributed by atoms with van der Waals surface area (Å²) in [6.07, 6.45) is 3.48. The molecule has 4 rings (SSSR count). The fraction of sp³-hybridized carbons (Fsp3) is 0.250. The number of ether oxygens (including phenoxy) is 4. The summed E-state index contributed by atoms with van der Waals surface area (Å²) in [6.45, 7) is 7.75. The first-order valence-electron chi connectivity index (χ1n) is 11.7. The number of hydrogen-bond acceptors (Lipinski definition) is 8. The summed E-state index contributed by atoms with van der Waals surface area (Å²) in [5.41, 5.74) is 2.04. The molecule has 0 amide bonds. The van der Waals surface area contributed by atoms with Gasteiger partial charge in [-0.2, -0.15) is 0 Å². The zero-order valence-electron chi connectivity index (χ0n) is 21.1. The molecule has 3 aromatic rings. The first-order chi connectivity index (χ1) is 17.9. The number of thiazole rings is 1. The predicted octanol–water partition coefficient (Wildman–Crippen LogP) is 3.38. The van der Waals surface area contributed by atoms with Crippen molar-refractivity contribution in [2.24, 2.45) is 4.99 Å². The van der Waals surface area contributed by atoms with Crippen LogP contribution < -0.4 is 29.1 Å². The van der Waals surface area contributed by atoms with Crippen molar-refractivity contribution in [3.63, 3.8) is 0 Å². The smallest absolute Gasteiger partial charge is 0.338 e. The second kappa shape index (κ2) is 11.3. The van der Waals surface area contributed by atoms with Gasteiger partial charge in [0.25, 0.3) is 5.56 Å². The monoisotopic (exact) mass is 520 g/mol. The van der Waals surface area contributed by atoms with Crippen molar-refractivity contribution < 1.29 is 23.7 Å². The summed E-state index contributed by atoms with van der Waals surface area (Å²) in [5.74, 6) is 1.21. The lowest BCUT2D eigenvalue weighted by Gasteiger charge is -2.25. The Kier molecular flexibility index (Phi) is 7.93. The number of esters is 1. The number of nitrogens with zero attached hydrogens (tertiary/aromatic N) is 2. The van der Waals surface area contributed by atoms with E-state index in [1.54, 1.807) is 49.8 Å². The summed E-state index contributed by atoms with van der Waals surface area (Å²) in [4.78, 5) is 31.9. The highest BCUT2D eigenvalue weighted by molar-refractivity contribution is 7.07. The molecule has 1 aromatic heterocycles. The van der Waals surface area contributed by atoms with E-state index in [0.29, 0.717) is 50.0 Å². The van der Waals surface area contributed by atoms with Crippen LogP contribution in [0.1, 0.15) is 31.0 Å². The van der Waals surface area contributed by atoms with Gasteiger partial charge in [-0.3, -0.25) is 9.36 Å². The number of methoxy groups -OCH3 is 2. The van der Waals surface area contributed by atoms with Gasteiger partial charge in [-0.25, -0.2) is 9.79 Å². The summed E-state index contributed by atoms with van der Waals surface area (Å²) in [6, 6.07) is 12.0. The molecule has 0 bridgehead atoms. The molecule has 192 valence electrons. The van der Waals surface area contributed by atoms with Gasteiger partial charge >= 0.3 is 5.97 Å². The number of benzene rings is 2. The number of aromatic nitrogens is 1. The molecule has 1 aliphatic heterocycles. The molecule has 0 fully saturated rings. The van der Waals surface area contributed by atoms with Crippen LogP contribution in [0.2, 0.25) is 0 Å². The molecular weight excluding hydrogens is 492 g/mol. The molecule has 1 aliphatic rings. The molecule has 0 radical (unpaired) electrons.